The predicted molar refractivity (Wildman–Crippen MR) is 203 cm³/mol. The summed E-state index contributed by atoms with van der Waals surface area (Å²) >= 11 is 11.7. The Bertz CT molecular complexity index is 1690. The Morgan fingerprint density at radius 2 is 1.06 bits per heavy atom. The van der Waals surface area contributed by atoms with Crippen LogP contribution >= 0.6 is 24.4 Å². The molecule has 1 aliphatic heterocycles. The molecule has 0 amide bonds. The molecule has 2 heterocycles. The van der Waals surface area contributed by atoms with Gasteiger partial charge in [-0.15, -0.1) is 0 Å². The van der Waals surface area contributed by atoms with Gasteiger partial charge in [-0.2, -0.15) is 0 Å². The number of pyridine rings is 1. The normalized spacial score (nSPS) is 15.0. The van der Waals surface area contributed by atoms with E-state index >= 15 is 0 Å². The van der Waals surface area contributed by atoms with Gasteiger partial charge in [-0.1, -0.05) is 30.3 Å². The van der Waals surface area contributed by atoms with E-state index in [-0.39, 0.29) is 11.4 Å². The average Bonchev–Trinajstić information content (AvgIpc) is 3.08. The molecule has 4 bridgehead atoms. The summed E-state index contributed by atoms with van der Waals surface area (Å²) in [6.45, 7) is 5.06. The van der Waals surface area contributed by atoms with Gasteiger partial charge in [0.05, 0.1) is 27.8 Å². The third kappa shape index (κ3) is 10.5. The largest absolute Gasteiger partial charge is 0.343 e. The molecule has 0 spiro atoms. The van der Waals surface area contributed by atoms with Crippen LogP contribution in [0.25, 0.3) is 0 Å². The van der Waals surface area contributed by atoms with Crippen molar-refractivity contribution in [3.8, 4) is 0 Å². The Balaban J connectivity index is 1.35. The van der Waals surface area contributed by atoms with E-state index in [1.807, 2.05) is 25.2 Å². The molecule has 0 saturated carbocycles. The Labute approximate surface area is 301 Å². The first kappa shape index (κ1) is 36.2. The minimum atomic E-state index is -0.425. The lowest BCUT2D eigenvalue weighted by molar-refractivity contribution is -0.385. The molecule has 15 heteroatoms. The van der Waals surface area contributed by atoms with Gasteiger partial charge in [0.15, 0.2) is 10.2 Å². The van der Waals surface area contributed by atoms with Gasteiger partial charge in [0.1, 0.15) is 0 Å². The fraction of sp³-hybridized carbons (Fsp3) is 0.286. The molecule has 50 heavy (non-hydrogen) atoms. The zero-order chi connectivity index (χ0) is 35.6. The van der Waals surface area contributed by atoms with Crippen LogP contribution in [-0.4, -0.2) is 84.9 Å². The number of nitro benzene ring substituents is 2. The number of non-ortho nitro benzene ring substituents is 2. The number of thiocarbonyl (C=S) groups is 2. The number of aromatic nitrogens is 1. The van der Waals surface area contributed by atoms with E-state index in [1.165, 1.54) is 24.3 Å². The smallest absolute Gasteiger partial charge is 0.269 e. The van der Waals surface area contributed by atoms with E-state index in [9.17, 15) is 20.2 Å². The van der Waals surface area contributed by atoms with Crippen molar-refractivity contribution in [2.75, 3.05) is 50.9 Å². The zero-order valence-electron chi connectivity index (χ0n) is 27.9. The highest BCUT2D eigenvalue weighted by Crippen LogP contribution is 2.19. The molecule has 0 aliphatic carbocycles. The van der Waals surface area contributed by atoms with Crippen LogP contribution in [-0.2, 0) is 26.2 Å². The summed E-state index contributed by atoms with van der Waals surface area (Å²) in [6.07, 6.45) is 0. The van der Waals surface area contributed by atoms with Crippen LogP contribution in [0.5, 0.6) is 0 Å². The van der Waals surface area contributed by atoms with Crippen LogP contribution in [0.1, 0.15) is 22.5 Å². The van der Waals surface area contributed by atoms with E-state index < -0.39 is 9.85 Å². The summed E-state index contributed by atoms with van der Waals surface area (Å²) in [5, 5.41) is 29.8. The number of benzene rings is 3. The van der Waals surface area contributed by atoms with Gasteiger partial charge in [0, 0.05) is 81.5 Å². The van der Waals surface area contributed by atoms with Crippen molar-refractivity contribution < 1.29 is 9.85 Å². The van der Waals surface area contributed by atoms with Crippen molar-refractivity contribution in [3.05, 3.63) is 134 Å². The lowest BCUT2D eigenvalue weighted by Crippen LogP contribution is -2.40. The van der Waals surface area contributed by atoms with Crippen LogP contribution in [0.2, 0.25) is 0 Å². The second-order valence-electron chi connectivity index (χ2n) is 12.2. The van der Waals surface area contributed by atoms with Crippen molar-refractivity contribution >= 4 is 57.4 Å². The number of anilines is 2. The molecule has 3 aromatic carbocycles. The Morgan fingerprint density at radius 1 is 0.620 bits per heavy atom. The van der Waals surface area contributed by atoms with Crippen molar-refractivity contribution in [1.29, 1.82) is 0 Å². The maximum Gasteiger partial charge on any atom is 0.269 e. The molecule has 4 aromatic rings. The first-order chi connectivity index (χ1) is 24.0. The Kier molecular flexibility index (Phi) is 12.3. The van der Waals surface area contributed by atoms with Gasteiger partial charge >= 0.3 is 0 Å². The molecule has 0 unspecified atom stereocenters. The molecular formula is C35H39N9O4S2. The summed E-state index contributed by atoms with van der Waals surface area (Å²) < 4.78 is 0. The second kappa shape index (κ2) is 17.0. The summed E-state index contributed by atoms with van der Waals surface area (Å²) in [5.41, 5.74) is 5.45. The highest BCUT2D eigenvalue weighted by molar-refractivity contribution is 7.80. The third-order valence-corrected chi connectivity index (χ3v) is 8.92. The van der Waals surface area contributed by atoms with Gasteiger partial charge in [-0.05, 0) is 86.1 Å². The highest BCUT2D eigenvalue weighted by Gasteiger charge is 2.17. The number of likely N-dealkylation sites (N-methyl/N-ethyl adjacent to an activating group) is 2. The Hall–Kier alpha value is -5.09. The van der Waals surface area contributed by atoms with Crippen molar-refractivity contribution in [2.24, 2.45) is 0 Å². The molecule has 13 nitrogen and oxygen atoms in total. The third-order valence-electron chi connectivity index (χ3n) is 8.20. The maximum atomic E-state index is 11.1. The van der Waals surface area contributed by atoms with Crippen LogP contribution in [0.15, 0.2) is 91.0 Å². The molecule has 0 saturated heterocycles. The zero-order valence-corrected chi connectivity index (χ0v) is 29.5. The monoisotopic (exact) mass is 713 g/mol. The van der Waals surface area contributed by atoms with Gasteiger partial charge < -0.3 is 25.3 Å². The molecule has 2 N–H and O–H groups in total. The van der Waals surface area contributed by atoms with E-state index in [0.29, 0.717) is 74.0 Å². The van der Waals surface area contributed by atoms with E-state index in [4.69, 9.17) is 29.4 Å². The molecule has 1 aliphatic rings. The summed E-state index contributed by atoms with van der Waals surface area (Å²) in [7, 11) is 4.11. The first-order valence-electron chi connectivity index (χ1n) is 16.0. The summed E-state index contributed by atoms with van der Waals surface area (Å²) in [6, 6.07) is 26.9. The fourth-order valence-electron chi connectivity index (χ4n) is 5.52. The van der Waals surface area contributed by atoms with Gasteiger partial charge in [-0.25, -0.2) is 0 Å². The van der Waals surface area contributed by atoms with Gasteiger partial charge in [0.2, 0.25) is 0 Å². The van der Waals surface area contributed by atoms with E-state index in [0.717, 1.165) is 22.5 Å². The van der Waals surface area contributed by atoms with Crippen LogP contribution < -0.4 is 10.6 Å². The SMILES string of the molecule is CN1CCN(C(=S)Nc2ccc([N+](=O)[O-])cc2)Cc2cccc(n2)CN(C)CCN(C(=S)Nc2ccc([N+](=O)[O-])cc2)Cc2cccc(c2)C1. The summed E-state index contributed by atoms with van der Waals surface area (Å²) in [5.74, 6) is 0. The molecular weight excluding hydrogens is 675 g/mol. The minimum absolute atomic E-state index is 0.0176. The molecule has 260 valence electrons. The molecule has 0 atom stereocenters. The number of fused-ring (bicyclic) bond motifs is 4. The lowest BCUT2D eigenvalue weighted by Gasteiger charge is -2.30. The molecule has 1 aromatic heterocycles. The summed E-state index contributed by atoms with van der Waals surface area (Å²) in [4.78, 5) is 35.0. The molecule has 0 fully saturated rings. The standard InChI is InChI=1S/C35H39N9O4S2/c1-39-17-20-42(35(50)38-29-11-15-33(16-12-29)44(47)48)25-31-8-4-7-30(36-31)24-40(2)18-19-41(23-27-6-3-5-26(21-27)22-39)34(49)37-28-9-13-32(14-10-28)43(45)46/h3-16,21H,17-20,22-25H2,1-2H3,(H,37,49)(H,38,50). The predicted octanol–water partition coefficient (Wildman–Crippen LogP) is 5.87. The first-order valence-corrected chi connectivity index (χ1v) is 16.8. The second-order valence-corrected chi connectivity index (χ2v) is 13.0. The van der Waals surface area contributed by atoms with Gasteiger partial charge in [-0.3, -0.25) is 30.1 Å². The number of hydrogen-bond donors (Lipinski definition) is 2. The topological polar surface area (TPSA) is 136 Å². The average molecular weight is 714 g/mol. The molecule has 0 radical (unpaired) electrons. The number of nitrogens with zero attached hydrogens (tertiary/aromatic N) is 7. The van der Waals surface area contributed by atoms with Crippen LogP contribution in [0.4, 0.5) is 22.7 Å². The van der Waals surface area contributed by atoms with Crippen molar-refractivity contribution in [2.45, 2.75) is 26.2 Å². The van der Waals surface area contributed by atoms with Gasteiger partial charge in [0.25, 0.3) is 11.4 Å². The number of nitrogens with one attached hydrogen (secondary N) is 2. The van der Waals surface area contributed by atoms with Crippen LogP contribution in [0.3, 0.4) is 0 Å². The fourth-order valence-corrected chi connectivity index (χ4v) is 6.07. The lowest BCUT2D eigenvalue weighted by atomic mass is 10.1. The van der Waals surface area contributed by atoms with E-state index in [1.54, 1.807) is 24.3 Å². The number of hydrogen-bond acceptors (Lipinski definition) is 9. The van der Waals surface area contributed by atoms with Crippen molar-refractivity contribution in [1.82, 2.24) is 24.6 Å². The molecule has 5 rings (SSSR count). The highest BCUT2D eigenvalue weighted by atomic mass is 32.1. The minimum Gasteiger partial charge on any atom is -0.343 e. The number of nitro groups is 2. The van der Waals surface area contributed by atoms with E-state index in [2.05, 4.69) is 61.5 Å². The van der Waals surface area contributed by atoms with Crippen LogP contribution in [0, 0.1) is 20.2 Å². The van der Waals surface area contributed by atoms with Crippen molar-refractivity contribution in [3.63, 3.8) is 0 Å². The quantitative estimate of drug-likeness (QED) is 0.148. The number of rotatable bonds is 4. The maximum absolute atomic E-state index is 11.1. The Morgan fingerprint density at radius 3 is 1.58 bits per heavy atom.